The predicted molar refractivity (Wildman–Crippen MR) is 78.1 cm³/mol. The zero-order valence-corrected chi connectivity index (χ0v) is 12.3. The Hall–Kier alpha value is -2.42. The zero-order valence-electron chi connectivity index (χ0n) is 11.5. The molecule has 2 rings (SSSR count). The van der Waals surface area contributed by atoms with Crippen LogP contribution in [0.15, 0.2) is 18.2 Å². The minimum absolute atomic E-state index is 0.138. The molecular formula is C12H14N4O4S. The fourth-order valence-corrected chi connectivity index (χ4v) is 2.30. The van der Waals surface area contributed by atoms with Gasteiger partial charge in [0.2, 0.25) is 5.13 Å². The average Bonchev–Trinajstić information content (AvgIpc) is 2.93. The van der Waals surface area contributed by atoms with Crippen LogP contribution >= 0.6 is 11.3 Å². The van der Waals surface area contributed by atoms with Gasteiger partial charge in [0.1, 0.15) is 12.4 Å². The molecule has 1 N–H and O–H groups in total. The van der Waals surface area contributed by atoms with Crippen molar-refractivity contribution in [2.45, 2.75) is 13.5 Å². The van der Waals surface area contributed by atoms with Crippen LogP contribution in [0.3, 0.4) is 0 Å². The van der Waals surface area contributed by atoms with Gasteiger partial charge in [-0.3, -0.25) is 10.1 Å². The Kier molecular flexibility index (Phi) is 4.88. The zero-order chi connectivity index (χ0) is 15.2. The maximum absolute atomic E-state index is 10.9. The molecule has 0 aliphatic carbocycles. The molecule has 0 aliphatic heterocycles. The van der Waals surface area contributed by atoms with Gasteiger partial charge in [-0.1, -0.05) is 11.3 Å². The van der Waals surface area contributed by atoms with Crippen molar-refractivity contribution in [3.8, 4) is 11.5 Å². The second-order valence-electron chi connectivity index (χ2n) is 3.91. The Balaban J connectivity index is 2.05. The molecule has 8 nitrogen and oxygen atoms in total. The van der Waals surface area contributed by atoms with E-state index in [2.05, 4.69) is 15.5 Å². The molecule has 1 aromatic carbocycles. The lowest BCUT2D eigenvalue weighted by Gasteiger charge is -2.06. The highest BCUT2D eigenvalue weighted by Crippen LogP contribution is 2.31. The minimum Gasteiger partial charge on any atom is -0.490 e. The number of benzene rings is 1. The number of hydrogen-bond donors (Lipinski definition) is 1. The van der Waals surface area contributed by atoms with Crippen LogP contribution in [-0.4, -0.2) is 28.8 Å². The van der Waals surface area contributed by atoms with E-state index in [1.54, 1.807) is 6.07 Å². The normalized spacial score (nSPS) is 10.2. The van der Waals surface area contributed by atoms with E-state index in [1.165, 1.54) is 30.6 Å². The van der Waals surface area contributed by atoms with Gasteiger partial charge in [-0.2, -0.15) is 0 Å². The van der Waals surface area contributed by atoms with Crippen molar-refractivity contribution in [1.82, 2.24) is 10.2 Å². The molecule has 0 fully saturated rings. The summed E-state index contributed by atoms with van der Waals surface area (Å²) < 4.78 is 10.4. The van der Waals surface area contributed by atoms with Gasteiger partial charge >= 0.3 is 5.69 Å². The van der Waals surface area contributed by atoms with Gasteiger partial charge in [0.15, 0.2) is 10.8 Å². The standard InChI is InChI=1S/C12H14N4O4S/c1-3-13-12-15-14-11(21-12)7-20-8-4-5-10(19-2)9(6-8)16(17)18/h4-6H,3,7H2,1-2H3,(H,13,15). The molecule has 0 spiro atoms. The summed E-state index contributed by atoms with van der Waals surface area (Å²) in [6.45, 7) is 2.93. The first-order valence-corrected chi connectivity index (χ1v) is 6.97. The number of methoxy groups -OCH3 is 1. The third kappa shape index (κ3) is 3.78. The summed E-state index contributed by atoms with van der Waals surface area (Å²) in [4.78, 5) is 10.4. The molecule has 9 heteroatoms. The Morgan fingerprint density at radius 2 is 2.24 bits per heavy atom. The summed E-state index contributed by atoms with van der Waals surface area (Å²) in [6.07, 6.45) is 0. The summed E-state index contributed by atoms with van der Waals surface area (Å²) >= 11 is 1.38. The topological polar surface area (TPSA) is 99.4 Å². The molecule has 1 aromatic heterocycles. The summed E-state index contributed by atoms with van der Waals surface area (Å²) in [5, 5.41) is 23.3. The molecular weight excluding hydrogens is 296 g/mol. The van der Waals surface area contributed by atoms with Crippen molar-refractivity contribution in [2.24, 2.45) is 0 Å². The van der Waals surface area contributed by atoms with Gasteiger partial charge in [-0.05, 0) is 19.1 Å². The van der Waals surface area contributed by atoms with E-state index in [1.807, 2.05) is 6.92 Å². The van der Waals surface area contributed by atoms with E-state index in [-0.39, 0.29) is 18.0 Å². The average molecular weight is 310 g/mol. The molecule has 21 heavy (non-hydrogen) atoms. The van der Waals surface area contributed by atoms with Gasteiger partial charge in [-0.25, -0.2) is 0 Å². The third-order valence-corrected chi connectivity index (χ3v) is 3.36. The van der Waals surface area contributed by atoms with Crippen LogP contribution in [0.25, 0.3) is 0 Å². The molecule has 0 bridgehead atoms. The minimum atomic E-state index is -0.514. The first-order valence-electron chi connectivity index (χ1n) is 6.15. The van der Waals surface area contributed by atoms with Crippen LogP contribution in [0.2, 0.25) is 0 Å². The number of anilines is 1. The molecule has 0 unspecified atom stereocenters. The number of aromatic nitrogens is 2. The highest BCUT2D eigenvalue weighted by atomic mass is 32.1. The number of nitrogens with zero attached hydrogens (tertiary/aromatic N) is 3. The number of ether oxygens (including phenoxy) is 2. The highest BCUT2D eigenvalue weighted by molar-refractivity contribution is 7.15. The monoisotopic (exact) mass is 310 g/mol. The maximum Gasteiger partial charge on any atom is 0.314 e. The molecule has 0 amide bonds. The highest BCUT2D eigenvalue weighted by Gasteiger charge is 2.16. The van der Waals surface area contributed by atoms with Crippen LogP contribution < -0.4 is 14.8 Å². The fraction of sp³-hybridized carbons (Fsp3) is 0.333. The molecule has 2 aromatic rings. The van der Waals surface area contributed by atoms with Gasteiger partial charge in [-0.15, -0.1) is 10.2 Å². The molecule has 1 heterocycles. The van der Waals surface area contributed by atoms with Crippen LogP contribution in [0, 0.1) is 10.1 Å². The second kappa shape index (κ2) is 6.84. The van der Waals surface area contributed by atoms with Crippen molar-refractivity contribution < 1.29 is 14.4 Å². The van der Waals surface area contributed by atoms with Crippen molar-refractivity contribution in [3.63, 3.8) is 0 Å². The SMILES string of the molecule is CCNc1nnc(COc2ccc(OC)c([N+](=O)[O-])c2)s1. The van der Waals surface area contributed by atoms with E-state index in [9.17, 15) is 10.1 Å². The van der Waals surface area contributed by atoms with Crippen LogP contribution in [0.1, 0.15) is 11.9 Å². The molecule has 0 saturated carbocycles. The van der Waals surface area contributed by atoms with Gasteiger partial charge < -0.3 is 14.8 Å². The molecule has 0 atom stereocenters. The van der Waals surface area contributed by atoms with E-state index in [0.717, 1.165) is 11.7 Å². The second-order valence-corrected chi connectivity index (χ2v) is 4.97. The first-order chi connectivity index (χ1) is 10.1. The van der Waals surface area contributed by atoms with E-state index in [4.69, 9.17) is 9.47 Å². The summed E-state index contributed by atoms with van der Waals surface area (Å²) in [7, 11) is 1.38. The first kappa shape index (κ1) is 15.0. The quantitative estimate of drug-likeness (QED) is 0.619. The lowest BCUT2D eigenvalue weighted by atomic mass is 10.3. The summed E-state index contributed by atoms with van der Waals surface area (Å²) in [5.41, 5.74) is -0.138. The number of rotatable bonds is 7. The molecule has 0 radical (unpaired) electrons. The van der Waals surface area contributed by atoms with Crippen LogP contribution in [0.5, 0.6) is 11.5 Å². The fourth-order valence-electron chi connectivity index (χ4n) is 1.58. The number of nitro benzene ring substituents is 1. The lowest BCUT2D eigenvalue weighted by Crippen LogP contribution is -1.98. The largest absolute Gasteiger partial charge is 0.490 e. The number of nitrogens with one attached hydrogen (secondary N) is 1. The molecule has 0 aliphatic rings. The Bertz CT molecular complexity index is 631. The van der Waals surface area contributed by atoms with Crippen molar-refractivity contribution in [3.05, 3.63) is 33.3 Å². The number of hydrogen-bond acceptors (Lipinski definition) is 8. The van der Waals surface area contributed by atoms with Gasteiger partial charge in [0.05, 0.1) is 18.1 Å². The smallest absolute Gasteiger partial charge is 0.314 e. The van der Waals surface area contributed by atoms with E-state index in [0.29, 0.717) is 10.8 Å². The number of nitro groups is 1. The van der Waals surface area contributed by atoms with Gasteiger partial charge in [0, 0.05) is 6.54 Å². The molecule has 0 saturated heterocycles. The Morgan fingerprint density at radius 1 is 1.43 bits per heavy atom. The van der Waals surface area contributed by atoms with Crippen LogP contribution in [-0.2, 0) is 6.61 Å². The van der Waals surface area contributed by atoms with Crippen molar-refractivity contribution in [2.75, 3.05) is 19.0 Å². The molecule has 112 valence electrons. The van der Waals surface area contributed by atoms with Crippen molar-refractivity contribution in [1.29, 1.82) is 0 Å². The van der Waals surface area contributed by atoms with E-state index >= 15 is 0 Å². The van der Waals surface area contributed by atoms with E-state index < -0.39 is 4.92 Å². The van der Waals surface area contributed by atoms with Gasteiger partial charge in [0.25, 0.3) is 0 Å². The summed E-state index contributed by atoms with van der Waals surface area (Å²) in [6, 6.07) is 4.43. The van der Waals surface area contributed by atoms with Crippen LogP contribution in [0.4, 0.5) is 10.8 Å². The van der Waals surface area contributed by atoms with Crippen molar-refractivity contribution >= 4 is 22.2 Å². The summed E-state index contributed by atoms with van der Waals surface area (Å²) in [5.74, 6) is 0.570. The predicted octanol–water partition coefficient (Wildman–Crippen LogP) is 2.47. The maximum atomic E-state index is 10.9. The Morgan fingerprint density at radius 3 is 2.90 bits per heavy atom. The Labute approximate surface area is 124 Å². The third-order valence-electron chi connectivity index (χ3n) is 2.50. The lowest BCUT2D eigenvalue weighted by molar-refractivity contribution is -0.385.